The third kappa shape index (κ3) is 5.20. The lowest BCUT2D eigenvalue weighted by atomic mass is 10.1. The Labute approximate surface area is 167 Å². The summed E-state index contributed by atoms with van der Waals surface area (Å²) in [6.45, 7) is 0. The van der Waals surface area contributed by atoms with Crippen LogP contribution in [-0.2, 0) is 14.4 Å². The average Bonchev–Trinajstić information content (AvgIpc) is 2.76. The van der Waals surface area contributed by atoms with E-state index in [4.69, 9.17) is 0 Å². The third-order valence-electron chi connectivity index (χ3n) is 3.62. The molecule has 0 atom stereocenters. The van der Waals surface area contributed by atoms with E-state index in [2.05, 4.69) is 26.6 Å². The summed E-state index contributed by atoms with van der Waals surface area (Å²) in [5.41, 5.74) is -1.26. The van der Waals surface area contributed by atoms with E-state index in [0.717, 1.165) is 7.11 Å². The van der Waals surface area contributed by atoms with Gasteiger partial charge in [-0.2, -0.15) is 0 Å². The number of esters is 1. The molecule has 0 radical (unpaired) electrons. The van der Waals surface area contributed by atoms with Gasteiger partial charge in [-0.1, -0.05) is 41.4 Å². The van der Waals surface area contributed by atoms with E-state index in [0.29, 0.717) is 5.56 Å². The van der Waals surface area contributed by atoms with E-state index in [9.17, 15) is 31.5 Å². The van der Waals surface area contributed by atoms with Crippen molar-refractivity contribution in [2.75, 3.05) is 7.11 Å². The van der Waals surface area contributed by atoms with Gasteiger partial charge in [-0.3, -0.25) is 0 Å². The number of carbonyl (C=O) groups excluding carboxylic acids is 2. The van der Waals surface area contributed by atoms with Gasteiger partial charge in [-0.05, 0) is 5.56 Å². The number of benzene rings is 2. The van der Waals surface area contributed by atoms with Gasteiger partial charge in [0.1, 0.15) is 5.56 Å². The second kappa shape index (κ2) is 10.2. The van der Waals surface area contributed by atoms with Crippen LogP contribution in [0.5, 0.6) is 0 Å². The van der Waals surface area contributed by atoms with Gasteiger partial charge in [0.05, 0.1) is 12.8 Å². The van der Waals surface area contributed by atoms with Crippen LogP contribution >= 0.6 is 0 Å². The molecule has 2 rings (SSSR count). The molecule has 156 valence electrons. The molecule has 0 aliphatic carbocycles. The highest BCUT2D eigenvalue weighted by Gasteiger charge is 2.31. The molecule has 0 saturated heterocycles. The van der Waals surface area contributed by atoms with Crippen molar-refractivity contribution in [2.24, 2.45) is 5.16 Å². The molecule has 0 heterocycles. The first-order valence-electron chi connectivity index (χ1n) is 8.19. The lowest BCUT2D eigenvalue weighted by Crippen LogP contribution is -2.14. The summed E-state index contributed by atoms with van der Waals surface area (Å²) in [5.74, 6) is -9.64. The molecule has 0 unspecified atom stereocenters. The zero-order chi connectivity index (χ0) is 22.3. The molecular weight excluding hydrogens is 413 g/mol. The molecule has 0 saturated carbocycles. The predicted molar refractivity (Wildman–Crippen MR) is 93.7 cm³/mol. The van der Waals surface area contributed by atoms with Crippen LogP contribution in [0.2, 0.25) is 0 Å². The van der Waals surface area contributed by atoms with Crippen molar-refractivity contribution in [3.8, 4) is 11.8 Å². The summed E-state index contributed by atoms with van der Waals surface area (Å²) >= 11 is 0. The molecule has 0 aliphatic rings. The molecule has 0 aliphatic heterocycles. The van der Waals surface area contributed by atoms with Crippen molar-refractivity contribution in [1.82, 2.24) is 0 Å². The van der Waals surface area contributed by atoms with Gasteiger partial charge < -0.3 is 9.57 Å². The molecule has 0 aromatic heterocycles. The van der Waals surface area contributed by atoms with Gasteiger partial charge >= 0.3 is 11.9 Å². The summed E-state index contributed by atoms with van der Waals surface area (Å²) in [4.78, 5) is 27.4. The van der Waals surface area contributed by atoms with Crippen LogP contribution < -0.4 is 0 Å². The minimum absolute atomic E-state index is 0.0262. The Morgan fingerprint density at radius 1 is 0.933 bits per heavy atom. The van der Waals surface area contributed by atoms with E-state index in [-0.39, 0.29) is 18.6 Å². The van der Waals surface area contributed by atoms with Crippen molar-refractivity contribution in [3.63, 3.8) is 0 Å². The zero-order valence-electron chi connectivity index (χ0n) is 15.3. The summed E-state index contributed by atoms with van der Waals surface area (Å²) in [6, 6.07) is 8.06. The normalized spacial score (nSPS) is 10.8. The van der Waals surface area contributed by atoms with E-state index in [1.54, 1.807) is 30.3 Å². The van der Waals surface area contributed by atoms with Crippen LogP contribution in [0.1, 0.15) is 28.8 Å². The lowest BCUT2D eigenvalue weighted by Gasteiger charge is -2.07. The van der Waals surface area contributed by atoms with Gasteiger partial charge in [-0.15, -0.1) is 0 Å². The monoisotopic (exact) mass is 425 g/mol. The van der Waals surface area contributed by atoms with E-state index < -0.39 is 46.6 Å². The third-order valence-corrected chi connectivity index (χ3v) is 3.62. The largest absolute Gasteiger partial charge is 0.459 e. The van der Waals surface area contributed by atoms with Crippen LogP contribution in [-0.4, -0.2) is 24.8 Å². The highest BCUT2D eigenvalue weighted by atomic mass is 19.2. The van der Waals surface area contributed by atoms with E-state index >= 15 is 0 Å². The smallest absolute Gasteiger partial charge is 0.384 e. The van der Waals surface area contributed by atoms with Crippen LogP contribution in [0.3, 0.4) is 0 Å². The van der Waals surface area contributed by atoms with Gasteiger partial charge in [0.15, 0.2) is 23.3 Å². The molecule has 0 bridgehead atoms. The van der Waals surface area contributed by atoms with Crippen molar-refractivity contribution in [2.45, 2.75) is 12.8 Å². The maximum Gasteiger partial charge on any atom is 0.384 e. The fourth-order valence-corrected chi connectivity index (χ4v) is 2.17. The number of nitrogens with zero attached hydrogens (tertiary/aromatic N) is 1. The van der Waals surface area contributed by atoms with E-state index in [1.807, 2.05) is 0 Å². The van der Waals surface area contributed by atoms with E-state index in [1.165, 1.54) is 0 Å². The Hall–Kier alpha value is -3.74. The van der Waals surface area contributed by atoms with Crippen molar-refractivity contribution in [1.29, 1.82) is 0 Å². The standard InChI is InChI=1S/C20H12F5NO4/c1-29-13(27)10-6-5-9-12(11-7-3-2-4-8-11)26-30-20(28)14-15(21)17(23)19(25)18(24)16(14)22/h2-4,7-8H,5,9H2,1H3/b26-12+. The quantitative estimate of drug-likeness (QED) is 0.0839. The first-order chi connectivity index (χ1) is 14.3. The van der Waals surface area contributed by atoms with Crippen LogP contribution in [0.15, 0.2) is 35.5 Å². The number of carbonyl (C=O) groups is 2. The maximum atomic E-state index is 13.7. The molecule has 0 N–H and O–H groups in total. The summed E-state index contributed by atoms with van der Waals surface area (Å²) in [7, 11) is 1.15. The van der Waals surface area contributed by atoms with Gasteiger partial charge in [0.25, 0.3) is 0 Å². The molecule has 10 heteroatoms. The van der Waals surface area contributed by atoms with Gasteiger partial charge in [0.2, 0.25) is 5.82 Å². The fourth-order valence-electron chi connectivity index (χ4n) is 2.17. The number of hydrogen-bond acceptors (Lipinski definition) is 5. The second-order valence-electron chi connectivity index (χ2n) is 5.52. The molecule has 0 fully saturated rings. The Kier molecular flexibility index (Phi) is 7.63. The molecular formula is C20H12F5NO4. The van der Waals surface area contributed by atoms with Crippen LogP contribution in [0, 0.1) is 40.9 Å². The van der Waals surface area contributed by atoms with Crippen molar-refractivity contribution < 1.29 is 41.1 Å². The molecule has 5 nitrogen and oxygen atoms in total. The van der Waals surface area contributed by atoms with Crippen LogP contribution in [0.25, 0.3) is 0 Å². The van der Waals surface area contributed by atoms with Gasteiger partial charge in [0, 0.05) is 18.8 Å². The summed E-state index contributed by atoms with van der Waals surface area (Å²) in [6.07, 6.45) is 0.0846. The SMILES string of the molecule is COC(=O)C#CCC/C(=N\OC(=O)c1c(F)c(F)c(F)c(F)c1F)c1ccccc1. The van der Waals surface area contributed by atoms with Crippen molar-refractivity contribution >= 4 is 17.7 Å². The molecule has 30 heavy (non-hydrogen) atoms. The number of methoxy groups -OCH3 is 1. The average molecular weight is 425 g/mol. The van der Waals surface area contributed by atoms with Crippen LogP contribution in [0.4, 0.5) is 22.0 Å². The zero-order valence-corrected chi connectivity index (χ0v) is 15.3. The number of halogens is 5. The maximum absolute atomic E-state index is 13.7. The second-order valence-corrected chi connectivity index (χ2v) is 5.52. The minimum Gasteiger partial charge on any atom is -0.459 e. The molecule has 0 amide bonds. The fraction of sp³-hybridized carbons (Fsp3) is 0.150. The molecule has 2 aromatic rings. The summed E-state index contributed by atoms with van der Waals surface area (Å²) in [5, 5.41) is 3.48. The molecule has 2 aromatic carbocycles. The topological polar surface area (TPSA) is 65.0 Å². The first kappa shape index (κ1) is 22.5. The first-order valence-corrected chi connectivity index (χ1v) is 8.19. The summed E-state index contributed by atoms with van der Waals surface area (Å²) < 4.78 is 71.4. The number of oxime groups is 1. The van der Waals surface area contributed by atoms with Gasteiger partial charge in [-0.25, -0.2) is 31.5 Å². The number of ether oxygens (including phenoxy) is 1. The highest BCUT2D eigenvalue weighted by molar-refractivity contribution is 6.01. The Bertz CT molecular complexity index is 1030. The number of rotatable bonds is 5. The highest BCUT2D eigenvalue weighted by Crippen LogP contribution is 2.23. The predicted octanol–water partition coefficient (Wildman–Crippen LogP) is 3.90. The molecule has 0 spiro atoms. The van der Waals surface area contributed by atoms with Crippen molar-refractivity contribution in [3.05, 3.63) is 70.5 Å². The Morgan fingerprint density at radius 2 is 1.50 bits per heavy atom. The lowest BCUT2D eigenvalue weighted by molar-refractivity contribution is -0.133. The Morgan fingerprint density at radius 3 is 2.07 bits per heavy atom. The Balaban J connectivity index is 2.30. The number of hydrogen-bond donors (Lipinski definition) is 0. The minimum atomic E-state index is -2.40.